The molecule has 6 heteroatoms. The van der Waals surface area contributed by atoms with E-state index in [0.717, 1.165) is 13.2 Å². The number of hydrogen-bond acceptors (Lipinski definition) is 3. The Morgan fingerprint density at radius 2 is 2.13 bits per heavy atom. The summed E-state index contributed by atoms with van der Waals surface area (Å²) in [4.78, 5) is 10.6. The van der Waals surface area contributed by atoms with Crippen LogP contribution in [0, 0.1) is 11.6 Å². The number of hydrogen-bond donors (Lipinski definition) is 2. The summed E-state index contributed by atoms with van der Waals surface area (Å²) >= 11 is 0. The first-order valence-corrected chi connectivity index (χ1v) is 3.98. The number of methoxy groups -OCH3 is 1. The molecule has 4 nitrogen and oxygen atoms in total. The van der Waals surface area contributed by atoms with E-state index in [0.29, 0.717) is 6.07 Å². The normalized spacial score (nSPS) is 12.3. The number of nitrogens with two attached hydrogens (primary N) is 1. The molecule has 0 spiro atoms. The molecule has 0 fully saturated rings. The second-order valence-electron chi connectivity index (χ2n) is 2.83. The van der Waals surface area contributed by atoms with E-state index in [1.807, 2.05) is 0 Å². The highest BCUT2D eigenvalue weighted by Gasteiger charge is 2.22. The first kappa shape index (κ1) is 11.4. The fraction of sp³-hybridized carbons (Fsp3) is 0.222. The van der Waals surface area contributed by atoms with Gasteiger partial charge in [0.1, 0.15) is 11.9 Å². The molecule has 0 unspecified atom stereocenters. The number of aliphatic carboxylic acids is 1. The molecule has 82 valence electrons. The van der Waals surface area contributed by atoms with Crippen molar-refractivity contribution in [2.45, 2.75) is 6.04 Å². The molecule has 1 aromatic rings. The van der Waals surface area contributed by atoms with Gasteiger partial charge in [-0.1, -0.05) is 0 Å². The van der Waals surface area contributed by atoms with Crippen LogP contribution in [0.1, 0.15) is 11.6 Å². The molecule has 1 atom stereocenters. The van der Waals surface area contributed by atoms with Crippen molar-refractivity contribution >= 4 is 5.97 Å². The molecule has 0 bridgehead atoms. The zero-order valence-corrected chi connectivity index (χ0v) is 7.83. The molecule has 1 aromatic carbocycles. The first-order valence-electron chi connectivity index (χ1n) is 3.98. The van der Waals surface area contributed by atoms with Gasteiger partial charge in [0.05, 0.1) is 7.11 Å². The lowest BCUT2D eigenvalue weighted by molar-refractivity contribution is -0.138. The van der Waals surface area contributed by atoms with Gasteiger partial charge in [0, 0.05) is 11.6 Å². The predicted octanol–water partition coefficient (Wildman–Crippen LogP) is 1.06. The highest BCUT2D eigenvalue weighted by molar-refractivity contribution is 5.76. The molecular formula is C9H9F2NO3. The van der Waals surface area contributed by atoms with Gasteiger partial charge in [-0.2, -0.15) is 0 Å². The molecule has 0 saturated carbocycles. The fourth-order valence-electron chi connectivity index (χ4n) is 1.16. The van der Waals surface area contributed by atoms with Crippen LogP contribution in [0.25, 0.3) is 0 Å². The van der Waals surface area contributed by atoms with Crippen LogP contribution < -0.4 is 10.5 Å². The Bertz CT molecular complexity index is 395. The average molecular weight is 217 g/mol. The van der Waals surface area contributed by atoms with Gasteiger partial charge in [0.15, 0.2) is 11.6 Å². The standard InChI is InChI=1S/C9H9F2NO3/c1-15-8-5(7(12)9(13)14)2-4(10)3-6(8)11/h2-3,7H,12H2,1H3,(H,13,14)/t7-/m0/s1. The summed E-state index contributed by atoms with van der Waals surface area (Å²) in [6, 6.07) is -0.0948. The van der Waals surface area contributed by atoms with Crippen LogP contribution >= 0.6 is 0 Å². The maximum absolute atomic E-state index is 13.1. The van der Waals surface area contributed by atoms with Gasteiger partial charge < -0.3 is 15.6 Å². The third kappa shape index (κ3) is 2.21. The zero-order chi connectivity index (χ0) is 11.6. The lowest BCUT2D eigenvalue weighted by Gasteiger charge is -2.12. The largest absolute Gasteiger partial charge is 0.493 e. The molecule has 0 aromatic heterocycles. The van der Waals surface area contributed by atoms with E-state index >= 15 is 0 Å². The second kappa shape index (κ2) is 4.22. The minimum atomic E-state index is -1.52. The molecule has 1 rings (SSSR count). The van der Waals surface area contributed by atoms with E-state index < -0.39 is 23.6 Å². The second-order valence-corrected chi connectivity index (χ2v) is 2.83. The molecule has 15 heavy (non-hydrogen) atoms. The predicted molar refractivity (Wildman–Crippen MR) is 47.5 cm³/mol. The van der Waals surface area contributed by atoms with Gasteiger partial charge in [-0.3, -0.25) is 4.79 Å². The number of ether oxygens (including phenoxy) is 1. The van der Waals surface area contributed by atoms with Gasteiger partial charge in [-0.25, -0.2) is 8.78 Å². The van der Waals surface area contributed by atoms with Gasteiger partial charge >= 0.3 is 5.97 Å². The topological polar surface area (TPSA) is 72.5 Å². The Morgan fingerprint density at radius 1 is 1.53 bits per heavy atom. The summed E-state index contributed by atoms with van der Waals surface area (Å²) < 4.78 is 30.6. The van der Waals surface area contributed by atoms with Crippen LogP contribution in [0.2, 0.25) is 0 Å². The van der Waals surface area contributed by atoms with Crippen LogP contribution in [0.3, 0.4) is 0 Å². The molecule has 0 amide bonds. The quantitative estimate of drug-likeness (QED) is 0.793. The van der Waals surface area contributed by atoms with E-state index in [4.69, 9.17) is 10.8 Å². The van der Waals surface area contributed by atoms with Gasteiger partial charge in [0.25, 0.3) is 0 Å². The van der Waals surface area contributed by atoms with Crippen molar-refractivity contribution < 1.29 is 23.4 Å². The molecule has 0 aliphatic heterocycles. The average Bonchev–Trinajstić information content (AvgIpc) is 2.15. The number of carbonyl (C=O) groups is 1. The van der Waals surface area contributed by atoms with E-state index in [9.17, 15) is 13.6 Å². The number of halogens is 2. The molecule has 0 aliphatic rings. The Labute approximate surface area is 84.3 Å². The van der Waals surface area contributed by atoms with Gasteiger partial charge in [-0.05, 0) is 6.07 Å². The molecular weight excluding hydrogens is 208 g/mol. The van der Waals surface area contributed by atoms with Gasteiger partial charge in [0.2, 0.25) is 0 Å². The lowest BCUT2D eigenvalue weighted by atomic mass is 10.1. The van der Waals surface area contributed by atoms with Crippen LogP contribution in [-0.4, -0.2) is 18.2 Å². The number of benzene rings is 1. The van der Waals surface area contributed by atoms with Crippen molar-refractivity contribution in [3.8, 4) is 5.75 Å². The molecule has 3 N–H and O–H groups in total. The summed E-state index contributed by atoms with van der Waals surface area (Å²) in [7, 11) is 1.15. The maximum atomic E-state index is 13.1. The van der Waals surface area contributed by atoms with Crippen molar-refractivity contribution in [3.63, 3.8) is 0 Å². The minimum Gasteiger partial charge on any atom is -0.493 e. The van der Waals surface area contributed by atoms with Crippen LogP contribution in [0.4, 0.5) is 8.78 Å². The molecule has 0 saturated heterocycles. The Balaban J connectivity index is 3.32. The van der Waals surface area contributed by atoms with Crippen molar-refractivity contribution in [2.24, 2.45) is 5.73 Å². The monoisotopic (exact) mass is 217 g/mol. The molecule has 0 aliphatic carbocycles. The number of carboxylic acids is 1. The molecule has 0 radical (unpaired) electrons. The Morgan fingerprint density at radius 3 is 2.60 bits per heavy atom. The van der Waals surface area contributed by atoms with E-state index in [-0.39, 0.29) is 11.3 Å². The van der Waals surface area contributed by atoms with E-state index in [2.05, 4.69) is 4.74 Å². The highest BCUT2D eigenvalue weighted by atomic mass is 19.1. The van der Waals surface area contributed by atoms with Crippen LogP contribution in [0.15, 0.2) is 12.1 Å². The fourth-order valence-corrected chi connectivity index (χ4v) is 1.16. The van der Waals surface area contributed by atoms with Gasteiger partial charge in [-0.15, -0.1) is 0 Å². The Hall–Kier alpha value is -1.69. The summed E-state index contributed by atoms with van der Waals surface area (Å²) in [5.74, 6) is -3.63. The summed E-state index contributed by atoms with van der Waals surface area (Å²) in [6.45, 7) is 0. The summed E-state index contributed by atoms with van der Waals surface area (Å²) in [6.07, 6.45) is 0. The van der Waals surface area contributed by atoms with E-state index in [1.165, 1.54) is 0 Å². The number of rotatable bonds is 3. The third-order valence-electron chi connectivity index (χ3n) is 1.84. The SMILES string of the molecule is COc1c(F)cc(F)cc1[C@H](N)C(=O)O. The Kier molecular flexibility index (Phi) is 3.21. The molecule has 0 heterocycles. The zero-order valence-electron chi connectivity index (χ0n) is 7.83. The lowest BCUT2D eigenvalue weighted by Crippen LogP contribution is -2.21. The summed E-state index contributed by atoms with van der Waals surface area (Å²) in [5.41, 5.74) is 5.01. The first-order chi connectivity index (χ1) is 6.97. The van der Waals surface area contributed by atoms with Crippen LogP contribution in [0.5, 0.6) is 5.75 Å². The van der Waals surface area contributed by atoms with E-state index in [1.54, 1.807) is 0 Å². The van der Waals surface area contributed by atoms with Crippen molar-refractivity contribution in [3.05, 3.63) is 29.3 Å². The highest BCUT2D eigenvalue weighted by Crippen LogP contribution is 2.28. The number of carboxylic acid groups (broad SMARTS) is 1. The minimum absolute atomic E-state index is 0.234. The third-order valence-corrected chi connectivity index (χ3v) is 1.84. The van der Waals surface area contributed by atoms with Crippen LogP contribution in [-0.2, 0) is 4.79 Å². The van der Waals surface area contributed by atoms with Crippen molar-refractivity contribution in [2.75, 3.05) is 7.11 Å². The smallest absolute Gasteiger partial charge is 0.325 e. The summed E-state index contributed by atoms with van der Waals surface area (Å²) in [5, 5.41) is 8.61. The van der Waals surface area contributed by atoms with Crippen molar-refractivity contribution in [1.82, 2.24) is 0 Å². The maximum Gasteiger partial charge on any atom is 0.325 e. The van der Waals surface area contributed by atoms with Crippen molar-refractivity contribution in [1.29, 1.82) is 0 Å².